The van der Waals surface area contributed by atoms with Gasteiger partial charge in [-0.25, -0.2) is 8.78 Å². The zero-order valence-electron chi connectivity index (χ0n) is 7.61. The molecule has 0 unspecified atom stereocenters. The fourth-order valence-corrected chi connectivity index (χ4v) is 1.21. The minimum absolute atomic E-state index is 0.190. The number of nitrogens with two attached hydrogens (primary N) is 1. The molecule has 76 valence electrons. The van der Waals surface area contributed by atoms with Crippen molar-refractivity contribution in [1.29, 1.82) is 0 Å². The Hall–Kier alpha value is -2.04. The first-order chi connectivity index (χ1) is 7.18. The van der Waals surface area contributed by atoms with Crippen molar-refractivity contribution in [2.24, 2.45) is 0 Å². The van der Waals surface area contributed by atoms with Crippen LogP contribution in [-0.2, 0) is 0 Å². The second-order valence-corrected chi connectivity index (χ2v) is 2.95. The van der Waals surface area contributed by atoms with Gasteiger partial charge in [0, 0.05) is 0 Å². The molecule has 2 aromatic rings. The van der Waals surface area contributed by atoms with Crippen LogP contribution in [0.2, 0.25) is 0 Å². The van der Waals surface area contributed by atoms with E-state index in [0.717, 1.165) is 12.4 Å². The quantitative estimate of drug-likeness (QED) is 0.778. The number of pyridine rings is 2. The number of nitrogens with zero attached hydrogens (tertiary/aromatic N) is 2. The number of anilines is 1. The van der Waals surface area contributed by atoms with Crippen LogP contribution in [0.4, 0.5) is 14.5 Å². The van der Waals surface area contributed by atoms with Crippen LogP contribution >= 0.6 is 0 Å². The highest BCUT2D eigenvalue weighted by atomic mass is 19.1. The molecule has 0 amide bonds. The van der Waals surface area contributed by atoms with Gasteiger partial charge in [0.25, 0.3) is 0 Å². The summed E-state index contributed by atoms with van der Waals surface area (Å²) in [6, 6.07) is 2.98. The summed E-state index contributed by atoms with van der Waals surface area (Å²) < 4.78 is 26.5. The molecule has 3 nitrogen and oxygen atoms in total. The first-order valence-electron chi connectivity index (χ1n) is 4.19. The van der Waals surface area contributed by atoms with Gasteiger partial charge in [-0.15, -0.1) is 0 Å². The summed E-state index contributed by atoms with van der Waals surface area (Å²) in [5, 5.41) is 0. The Balaban J connectivity index is 2.58. The summed E-state index contributed by atoms with van der Waals surface area (Å²) in [6.07, 6.45) is 3.22. The highest BCUT2D eigenvalue weighted by Gasteiger charge is 2.12. The monoisotopic (exact) mass is 207 g/mol. The van der Waals surface area contributed by atoms with Crippen LogP contribution in [0, 0.1) is 11.6 Å². The van der Waals surface area contributed by atoms with Gasteiger partial charge in [-0.3, -0.25) is 9.97 Å². The second kappa shape index (κ2) is 3.61. The van der Waals surface area contributed by atoms with Crippen molar-refractivity contribution in [2.75, 3.05) is 5.73 Å². The molecule has 5 heteroatoms. The molecule has 0 fully saturated rings. The lowest BCUT2D eigenvalue weighted by atomic mass is 10.1. The van der Waals surface area contributed by atoms with Crippen LogP contribution in [0.5, 0.6) is 0 Å². The fraction of sp³-hybridized carbons (Fsp3) is 0. The number of nitrogen functional groups attached to an aromatic ring is 1. The molecular formula is C10H7F2N3. The van der Waals surface area contributed by atoms with E-state index in [9.17, 15) is 8.78 Å². The van der Waals surface area contributed by atoms with Gasteiger partial charge >= 0.3 is 0 Å². The normalized spacial score (nSPS) is 10.3. The minimum atomic E-state index is -0.743. The van der Waals surface area contributed by atoms with Gasteiger partial charge in [-0.05, 0) is 12.1 Å². The smallest absolute Gasteiger partial charge is 0.153 e. The molecule has 2 N–H and O–H groups in total. The number of hydrogen-bond donors (Lipinski definition) is 1. The largest absolute Gasteiger partial charge is 0.397 e. The van der Waals surface area contributed by atoms with E-state index in [1.165, 1.54) is 18.3 Å². The lowest BCUT2D eigenvalue weighted by Crippen LogP contribution is -1.95. The predicted molar refractivity (Wildman–Crippen MR) is 51.8 cm³/mol. The van der Waals surface area contributed by atoms with E-state index in [2.05, 4.69) is 9.97 Å². The van der Waals surface area contributed by atoms with Gasteiger partial charge in [0.15, 0.2) is 11.6 Å². The molecule has 0 saturated heterocycles. The van der Waals surface area contributed by atoms with Gasteiger partial charge in [-0.1, -0.05) is 0 Å². The maximum atomic E-state index is 13.3. The highest BCUT2D eigenvalue weighted by molar-refractivity contribution is 5.61. The van der Waals surface area contributed by atoms with Gasteiger partial charge in [0.2, 0.25) is 0 Å². The van der Waals surface area contributed by atoms with E-state index in [1.54, 1.807) is 0 Å². The number of hydrogen-bond acceptors (Lipinski definition) is 3. The average molecular weight is 207 g/mol. The Morgan fingerprint density at radius 3 is 2.20 bits per heavy atom. The molecule has 0 bridgehead atoms. The van der Waals surface area contributed by atoms with Crippen LogP contribution in [0.1, 0.15) is 0 Å². The van der Waals surface area contributed by atoms with Gasteiger partial charge < -0.3 is 5.73 Å². The molecule has 2 heterocycles. The zero-order chi connectivity index (χ0) is 10.8. The zero-order valence-corrected chi connectivity index (χ0v) is 7.61. The van der Waals surface area contributed by atoms with Crippen LogP contribution in [0.25, 0.3) is 11.3 Å². The first-order valence-corrected chi connectivity index (χ1v) is 4.19. The van der Waals surface area contributed by atoms with Crippen molar-refractivity contribution in [2.45, 2.75) is 0 Å². The lowest BCUT2D eigenvalue weighted by molar-refractivity contribution is 0.578. The van der Waals surface area contributed by atoms with Gasteiger partial charge in [-0.2, -0.15) is 0 Å². The summed E-state index contributed by atoms with van der Waals surface area (Å²) in [5.41, 5.74) is 5.86. The fourth-order valence-electron chi connectivity index (χ4n) is 1.21. The summed E-state index contributed by atoms with van der Waals surface area (Å²) in [6.45, 7) is 0. The lowest BCUT2D eigenvalue weighted by Gasteiger charge is -2.03. The standard InChI is InChI=1S/C10H7F2N3/c11-7-4-14-5-8(12)10(7)9-2-1-6(13)3-15-9/h1-5H,13H2. The predicted octanol–water partition coefficient (Wildman–Crippen LogP) is 2.00. The van der Waals surface area contributed by atoms with Crippen molar-refractivity contribution in [3.05, 3.63) is 42.4 Å². The molecule has 2 rings (SSSR count). The van der Waals surface area contributed by atoms with Gasteiger partial charge in [0.1, 0.15) is 0 Å². The Bertz CT molecular complexity index is 462. The topological polar surface area (TPSA) is 51.8 Å². The highest BCUT2D eigenvalue weighted by Crippen LogP contribution is 2.23. The molecule has 0 aliphatic rings. The number of halogens is 2. The first kappa shape index (κ1) is 9.51. The van der Waals surface area contributed by atoms with Crippen LogP contribution in [0.3, 0.4) is 0 Å². The van der Waals surface area contributed by atoms with E-state index in [4.69, 9.17) is 5.73 Å². The van der Waals surface area contributed by atoms with E-state index in [-0.39, 0.29) is 11.3 Å². The van der Waals surface area contributed by atoms with Crippen LogP contribution in [-0.4, -0.2) is 9.97 Å². The van der Waals surface area contributed by atoms with Crippen molar-refractivity contribution >= 4 is 5.69 Å². The van der Waals surface area contributed by atoms with E-state index in [1.807, 2.05) is 0 Å². The molecule has 0 atom stereocenters. The Morgan fingerprint density at radius 2 is 1.67 bits per heavy atom. The Kier molecular flexibility index (Phi) is 2.29. The SMILES string of the molecule is Nc1ccc(-c2c(F)cncc2F)nc1. The Morgan fingerprint density at radius 1 is 1.00 bits per heavy atom. The summed E-state index contributed by atoms with van der Waals surface area (Å²) in [4.78, 5) is 7.22. The maximum Gasteiger partial charge on any atom is 0.153 e. The van der Waals surface area contributed by atoms with Crippen molar-refractivity contribution in [1.82, 2.24) is 9.97 Å². The molecular weight excluding hydrogens is 200 g/mol. The maximum absolute atomic E-state index is 13.3. The molecule has 15 heavy (non-hydrogen) atoms. The molecule has 0 saturated carbocycles. The molecule has 0 spiro atoms. The number of aromatic nitrogens is 2. The molecule has 0 aliphatic heterocycles. The van der Waals surface area contributed by atoms with Crippen LogP contribution < -0.4 is 5.73 Å². The molecule has 0 aromatic carbocycles. The number of rotatable bonds is 1. The third-order valence-corrected chi connectivity index (χ3v) is 1.90. The summed E-state index contributed by atoms with van der Waals surface area (Å²) in [7, 11) is 0. The Labute approximate surface area is 84.6 Å². The van der Waals surface area contributed by atoms with Crippen LogP contribution in [0.15, 0.2) is 30.7 Å². The molecule has 0 radical (unpaired) electrons. The molecule has 2 aromatic heterocycles. The summed E-state index contributed by atoms with van der Waals surface area (Å²) >= 11 is 0. The third-order valence-electron chi connectivity index (χ3n) is 1.90. The second-order valence-electron chi connectivity index (χ2n) is 2.95. The molecule has 0 aliphatic carbocycles. The minimum Gasteiger partial charge on any atom is -0.397 e. The van der Waals surface area contributed by atoms with Crippen molar-refractivity contribution in [3.8, 4) is 11.3 Å². The van der Waals surface area contributed by atoms with E-state index < -0.39 is 11.6 Å². The van der Waals surface area contributed by atoms with E-state index >= 15 is 0 Å². The van der Waals surface area contributed by atoms with Gasteiger partial charge in [0.05, 0.1) is 35.5 Å². The van der Waals surface area contributed by atoms with Crippen molar-refractivity contribution in [3.63, 3.8) is 0 Å². The van der Waals surface area contributed by atoms with E-state index in [0.29, 0.717) is 5.69 Å². The van der Waals surface area contributed by atoms with Crippen molar-refractivity contribution < 1.29 is 8.78 Å². The third kappa shape index (κ3) is 1.76. The average Bonchev–Trinajstić information content (AvgIpc) is 2.20. The summed E-state index contributed by atoms with van der Waals surface area (Å²) in [5.74, 6) is -1.49.